The van der Waals surface area contributed by atoms with Crippen molar-refractivity contribution >= 4 is 18.9 Å². The molecule has 1 radical (unpaired) electrons. The van der Waals surface area contributed by atoms with E-state index in [1.165, 1.54) is 27.8 Å². The standard InChI is InChI=1S/C11H15.Li.H/c1-7-6-8(2)10(4)11(5)9(7)3;;/h1-5H3;;. The monoisotopic (exact) mass is 155 g/mol. The van der Waals surface area contributed by atoms with Crippen LogP contribution in [-0.4, -0.2) is 18.9 Å². The van der Waals surface area contributed by atoms with Crippen LogP contribution in [0.2, 0.25) is 0 Å². The maximum atomic E-state index is 3.35. The third-order valence-electron chi connectivity index (χ3n) is 2.62. The molecule has 0 heterocycles. The first-order valence-electron chi connectivity index (χ1n) is 4.00. The van der Waals surface area contributed by atoms with Crippen LogP contribution in [0, 0.1) is 40.7 Å². The normalized spacial score (nSPS) is 9.42. The Kier molecular flexibility index (Phi) is 4.10. The van der Waals surface area contributed by atoms with E-state index in [1.807, 2.05) is 0 Å². The second-order valence-corrected chi connectivity index (χ2v) is 3.25. The first kappa shape index (κ1) is 11.8. The molecule has 0 aromatic heterocycles. The zero-order valence-corrected chi connectivity index (χ0v) is 8.00. The third-order valence-corrected chi connectivity index (χ3v) is 2.62. The summed E-state index contributed by atoms with van der Waals surface area (Å²) < 4.78 is 0. The summed E-state index contributed by atoms with van der Waals surface area (Å²) in [6, 6.07) is 3.35. The van der Waals surface area contributed by atoms with Crippen LogP contribution in [0.15, 0.2) is 0 Å². The molecular formula is C11H16Li. The van der Waals surface area contributed by atoms with Crippen molar-refractivity contribution in [1.29, 1.82) is 0 Å². The molecular weight excluding hydrogens is 139 g/mol. The number of hydrogen-bond acceptors (Lipinski definition) is 0. The molecule has 0 aliphatic carbocycles. The molecule has 0 fully saturated rings. The minimum atomic E-state index is 0. The zero-order valence-electron chi connectivity index (χ0n) is 8.00. The van der Waals surface area contributed by atoms with E-state index in [1.54, 1.807) is 0 Å². The summed E-state index contributed by atoms with van der Waals surface area (Å²) in [6.45, 7) is 10.7. The van der Waals surface area contributed by atoms with Gasteiger partial charge in [0.2, 0.25) is 0 Å². The van der Waals surface area contributed by atoms with E-state index in [-0.39, 0.29) is 18.9 Å². The molecule has 0 bridgehead atoms. The van der Waals surface area contributed by atoms with Crippen LogP contribution >= 0.6 is 0 Å². The van der Waals surface area contributed by atoms with Gasteiger partial charge in [-0.25, -0.2) is 0 Å². The Balaban J connectivity index is 0.00000121. The molecule has 0 atom stereocenters. The molecule has 0 nitrogen and oxygen atoms in total. The first-order chi connectivity index (χ1) is 5.04. The van der Waals surface area contributed by atoms with Gasteiger partial charge in [0, 0.05) is 0 Å². The van der Waals surface area contributed by atoms with Gasteiger partial charge in [-0.05, 0) is 68.5 Å². The predicted octanol–water partition coefficient (Wildman–Crippen LogP) is 2.38. The summed E-state index contributed by atoms with van der Waals surface area (Å²) in [5.74, 6) is 0. The van der Waals surface area contributed by atoms with Crippen LogP contribution in [0.1, 0.15) is 27.8 Å². The molecule has 12 heavy (non-hydrogen) atoms. The van der Waals surface area contributed by atoms with Crippen LogP contribution in [0.4, 0.5) is 0 Å². The quantitative estimate of drug-likeness (QED) is 0.504. The van der Waals surface area contributed by atoms with Crippen molar-refractivity contribution in [3.63, 3.8) is 0 Å². The van der Waals surface area contributed by atoms with Gasteiger partial charge in [0.1, 0.15) is 0 Å². The van der Waals surface area contributed by atoms with Gasteiger partial charge in [-0.15, -0.1) is 0 Å². The summed E-state index contributed by atoms with van der Waals surface area (Å²) in [6.07, 6.45) is 0. The molecule has 0 unspecified atom stereocenters. The van der Waals surface area contributed by atoms with Crippen molar-refractivity contribution in [2.75, 3.05) is 0 Å². The van der Waals surface area contributed by atoms with Crippen LogP contribution in [-0.2, 0) is 0 Å². The average molecular weight is 155 g/mol. The molecule has 1 aromatic rings. The fraction of sp³-hybridized carbons (Fsp3) is 0.455. The van der Waals surface area contributed by atoms with E-state index in [9.17, 15) is 0 Å². The third kappa shape index (κ3) is 1.94. The van der Waals surface area contributed by atoms with Crippen molar-refractivity contribution in [3.8, 4) is 0 Å². The Morgan fingerprint density at radius 1 is 0.667 bits per heavy atom. The Morgan fingerprint density at radius 2 is 1.00 bits per heavy atom. The summed E-state index contributed by atoms with van der Waals surface area (Å²) in [4.78, 5) is 0. The molecule has 61 valence electrons. The molecule has 0 aliphatic heterocycles. The molecule has 0 spiro atoms. The van der Waals surface area contributed by atoms with Gasteiger partial charge >= 0.3 is 18.9 Å². The zero-order chi connectivity index (χ0) is 8.59. The van der Waals surface area contributed by atoms with Crippen molar-refractivity contribution in [3.05, 3.63) is 33.9 Å². The Labute approximate surface area is 87.6 Å². The van der Waals surface area contributed by atoms with Crippen LogP contribution in [0.3, 0.4) is 0 Å². The topological polar surface area (TPSA) is 0 Å². The first-order valence-corrected chi connectivity index (χ1v) is 4.00. The van der Waals surface area contributed by atoms with Gasteiger partial charge in [0.05, 0.1) is 0 Å². The van der Waals surface area contributed by atoms with E-state index < -0.39 is 0 Å². The predicted molar refractivity (Wildman–Crippen MR) is 56.1 cm³/mol. The van der Waals surface area contributed by atoms with Crippen LogP contribution in [0.25, 0.3) is 0 Å². The summed E-state index contributed by atoms with van der Waals surface area (Å²) >= 11 is 0. The SMILES string of the molecule is Cc1[c]c(C)c(C)c(C)c1C.[LiH]. The number of rotatable bonds is 0. The molecule has 1 aromatic carbocycles. The Bertz CT molecular complexity index is 261. The summed E-state index contributed by atoms with van der Waals surface area (Å²) in [5, 5.41) is 0. The van der Waals surface area contributed by atoms with Crippen molar-refractivity contribution in [1.82, 2.24) is 0 Å². The van der Waals surface area contributed by atoms with Crippen molar-refractivity contribution < 1.29 is 0 Å². The molecule has 0 saturated heterocycles. The van der Waals surface area contributed by atoms with Gasteiger partial charge in [0.25, 0.3) is 0 Å². The van der Waals surface area contributed by atoms with E-state index in [0.29, 0.717) is 0 Å². The molecule has 1 rings (SSSR count). The second-order valence-electron chi connectivity index (χ2n) is 3.25. The fourth-order valence-corrected chi connectivity index (χ4v) is 1.31. The summed E-state index contributed by atoms with van der Waals surface area (Å²) in [5.41, 5.74) is 6.75. The number of aryl methyl sites for hydroxylation is 2. The molecule has 0 N–H and O–H groups in total. The molecule has 0 aliphatic rings. The number of benzene rings is 1. The Morgan fingerprint density at radius 3 is 1.33 bits per heavy atom. The maximum absolute atomic E-state index is 3.35. The van der Waals surface area contributed by atoms with Gasteiger partial charge in [-0.2, -0.15) is 0 Å². The van der Waals surface area contributed by atoms with Crippen molar-refractivity contribution in [2.45, 2.75) is 34.6 Å². The van der Waals surface area contributed by atoms with E-state index >= 15 is 0 Å². The van der Waals surface area contributed by atoms with E-state index in [4.69, 9.17) is 0 Å². The summed E-state index contributed by atoms with van der Waals surface area (Å²) in [7, 11) is 0. The molecule has 0 amide bonds. The van der Waals surface area contributed by atoms with Gasteiger partial charge in [-0.3, -0.25) is 0 Å². The van der Waals surface area contributed by atoms with Crippen LogP contribution < -0.4 is 0 Å². The van der Waals surface area contributed by atoms with Gasteiger partial charge < -0.3 is 0 Å². The van der Waals surface area contributed by atoms with Gasteiger partial charge in [-0.1, -0.05) is 0 Å². The van der Waals surface area contributed by atoms with E-state index in [2.05, 4.69) is 40.7 Å². The van der Waals surface area contributed by atoms with Crippen molar-refractivity contribution in [2.24, 2.45) is 0 Å². The minimum absolute atomic E-state index is 0. The fourth-order valence-electron chi connectivity index (χ4n) is 1.31. The number of hydrogen-bond donors (Lipinski definition) is 0. The van der Waals surface area contributed by atoms with Crippen LogP contribution in [0.5, 0.6) is 0 Å². The molecule has 1 heteroatoms. The molecule has 0 saturated carbocycles. The van der Waals surface area contributed by atoms with E-state index in [0.717, 1.165) is 0 Å². The van der Waals surface area contributed by atoms with Gasteiger partial charge in [0.15, 0.2) is 0 Å². The second kappa shape index (κ2) is 4.17. The Hall–Kier alpha value is -0.183. The average Bonchev–Trinajstić information content (AvgIpc) is 1.97.